The van der Waals surface area contributed by atoms with Gasteiger partial charge in [0.15, 0.2) is 0 Å². The van der Waals surface area contributed by atoms with Crippen LogP contribution in [0.25, 0.3) is 11.0 Å². The van der Waals surface area contributed by atoms with Crippen molar-refractivity contribution in [2.45, 2.75) is 27.7 Å². The molecule has 66 heavy (non-hydrogen) atoms. The van der Waals surface area contributed by atoms with Gasteiger partial charge in [0.05, 0.1) is 11.4 Å². The predicted octanol–water partition coefficient (Wildman–Crippen LogP) is 16.7. The lowest BCUT2D eigenvalue weighted by Gasteiger charge is -2.31. The number of fused-ring (bicyclic) bond motifs is 1. The van der Waals surface area contributed by atoms with Crippen LogP contribution in [0, 0.1) is 27.7 Å². The van der Waals surface area contributed by atoms with Gasteiger partial charge in [-0.25, -0.2) is 0 Å². The molecule has 0 aliphatic carbocycles. The first-order chi connectivity index (χ1) is 32.4. The third-order valence-electron chi connectivity index (χ3n) is 12.3. The molecule has 10 rings (SSSR count). The van der Waals surface area contributed by atoms with Crippen molar-refractivity contribution in [3.63, 3.8) is 0 Å². The number of aryl methyl sites for hydroxylation is 4. The van der Waals surface area contributed by atoms with Gasteiger partial charge in [0.1, 0.15) is 11.0 Å². The van der Waals surface area contributed by atoms with Crippen molar-refractivity contribution in [1.29, 1.82) is 0 Å². The monoisotopic (exact) mass is 854 g/mol. The van der Waals surface area contributed by atoms with Crippen LogP contribution in [0.1, 0.15) is 22.3 Å². The van der Waals surface area contributed by atoms with E-state index in [2.05, 4.69) is 266 Å². The average Bonchev–Trinajstić information content (AvgIpc) is 3.36. The maximum atomic E-state index is 5.10. The van der Waals surface area contributed by atoms with Gasteiger partial charge in [-0.1, -0.05) is 109 Å². The van der Waals surface area contributed by atoms with E-state index in [1.165, 1.54) is 22.3 Å². The van der Waals surface area contributed by atoms with Gasteiger partial charge in [-0.3, -0.25) is 9.97 Å². The maximum Gasteiger partial charge on any atom is 0.115 e. The molecule has 0 unspecified atom stereocenters. The molecular weight excluding hydrogens is 805 g/mol. The van der Waals surface area contributed by atoms with Gasteiger partial charge in [-0.15, -0.1) is 0 Å². The molecule has 9 aromatic carbocycles. The van der Waals surface area contributed by atoms with Crippen molar-refractivity contribution in [1.82, 2.24) is 9.97 Å². The van der Waals surface area contributed by atoms with Crippen molar-refractivity contribution >= 4 is 79.3 Å². The molecule has 320 valence electrons. The zero-order valence-electron chi connectivity index (χ0n) is 37.6. The summed E-state index contributed by atoms with van der Waals surface area (Å²) in [6.07, 6.45) is 3.58. The first-order valence-electron chi connectivity index (χ1n) is 22.4. The van der Waals surface area contributed by atoms with Crippen LogP contribution in [0.4, 0.5) is 68.2 Å². The fraction of sp³-hybridized carbons (Fsp3) is 0.0667. The number of benzene rings is 9. The zero-order chi connectivity index (χ0) is 45.0. The van der Waals surface area contributed by atoms with Crippen LogP contribution in [0.3, 0.4) is 0 Å². The second kappa shape index (κ2) is 18.3. The minimum atomic E-state index is 0.784. The number of rotatable bonds is 12. The Labute approximate surface area is 388 Å². The summed E-state index contributed by atoms with van der Waals surface area (Å²) in [6.45, 7) is 8.68. The predicted molar refractivity (Wildman–Crippen MR) is 277 cm³/mol. The summed E-state index contributed by atoms with van der Waals surface area (Å²) < 4.78 is 0. The van der Waals surface area contributed by atoms with Crippen LogP contribution >= 0.6 is 0 Å². The second-order valence-electron chi connectivity index (χ2n) is 16.5. The third kappa shape index (κ3) is 8.01. The number of aromatic nitrogens is 2. The summed E-state index contributed by atoms with van der Waals surface area (Å²) in [4.78, 5) is 19.5. The summed E-state index contributed by atoms with van der Waals surface area (Å²) in [5.74, 6) is 0. The Balaban J connectivity index is 1.09. The standard InChI is InChI=1S/C60H50N6/c1-43-19-11-15-27-53(43)65(54-28-16-12-20-44(54)2)51-35-31-49(32-36-51)63(47-23-7-5-8-24-47)57-39-40-58(60-59(57)61-41-42-62-60)64(48-25-9-6-10-26-48)50-33-37-52(38-34-50)66(55-29-17-13-21-45(55)3)56-30-18-14-22-46(56)4/h5-42H,1-4H3. The Kier molecular flexibility index (Phi) is 11.5. The number of hydrogen-bond acceptors (Lipinski definition) is 6. The molecular formula is C60H50N6. The molecule has 0 fully saturated rings. The molecule has 0 aliphatic rings. The largest absolute Gasteiger partial charge is 0.310 e. The molecule has 6 heteroatoms. The lowest BCUT2D eigenvalue weighted by Crippen LogP contribution is -2.15. The van der Waals surface area contributed by atoms with E-state index in [0.717, 1.165) is 79.3 Å². The van der Waals surface area contributed by atoms with Gasteiger partial charge in [-0.2, -0.15) is 0 Å². The summed E-state index contributed by atoms with van der Waals surface area (Å²) in [5, 5.41) is 0. The molecule has 10 aromatic rings. The second-order valence-corrected chi connectivity index (χ2v) is 16.5. The molecule has 0 saturated carbocycles. The molecule has 1 heterocycles. The summed E-state index contributed by atoms with van der Waals surface area (Å²) in [7, 11) is 0. The highest BCUT2D eigenvalue weighted by molar-refractivity contribution is 6.03. The van der Waals surface area contributed by atoms with Crippen molar-refractivity contribution in [2.24, 2.45) is 0 Å². The van der Waals surface area contributed by atoms with Crippen LogP contribution in [0.2, 0.25) is 0 Å². The SMILES string of the molecule is Cc1ccccc1N(c1ccc(N(c2ccccc2)c2ccc(N(c3ccccc3)c3ccc(N(c4ccccc4C)c4ccccc4C)cc3)c3nccnc23)cc1)c1ccccc1C. The van der Waals surface area contributed by atoms with Crippen LogP contribution in [-0.4, -0.2) is 9.97 Å². The molecule has 0 amide bonds. The Morgan fingerprint density at radius 3 is 0.758 bits per heavy atom. The number of anilines is 12. The fourth-order valence-electron chi connectivity index (χ4n) is 8.97. The quantitative estimate of drug-likeness (QED) is 0.122. The van der Waals surface area contributed by atoms with Crippen molar-refractivity contribution in [2.75, 3.05) is 19.6 Å². The number of hydrogen-bond donors (Lipinski definition) is 0. The summed E-state index contributed by atoms with van der Waals surface area (Å²) >= 11 is 0. The Bertz CT molecular complexity index is 2950. The van der Waals surface area contributed by atoms with E-state index in [1.807, 2.05) is 0 Å². The minimum absolute atomic E-state index is 0.784. The van der Waals surface area contributed by atoms with Gasteiger partial charge >= 0.3 is 0 Å². The molecule has 0 bridgehead atoms. The molecule has 0 radical (unpaired) electrons. The molecule has 0 atom stereocenters. The number of nitrogens with zero attached hydrogens (tertiary/aromatic N) is 6. The Hall–Kier alpha value is -8.48. The van der Waals surface area contributed by atoms with Gasteiger partial charge in [-0.05, 0) is 159 Å². The smallest absolute Gasteiger partial charge is 0.115 e. The summed E-state index contributed by atoms with van der Waals surface area (Å²) in [6, 6.07) is 77.3. The van der Waals surface area contributed by atoms with Crippen molar-refractivity contribution in [3.8, 4) is 0 Å². The zero-order valence-corrected chi connectivity index (χ0v) is 37.6. The summed E-state index contributed by atoms with van der Waals surface area (Å²) in [5.41, 5.74) is 19.0. The topological polar surface area (TPSA) is 38.7 Å². The van der Waals surface area contributed by atoms with E-state index < -0.39 is 0 Å². The van der Waals surface area contributed by atoms with E-state index in [9.17, 15) is 0 Å². The number of para-hydroxylation sites is 6. The maximum absolute atomic E-state index is 5.10. The van der Waals surface area contributed by atoms with Gasteiger partial charge in [0.25, 0.3) is 0 Å². The minimum Gasteiger partial charge on any atom is -0.310 e. The first kappa shape index (κ1) is 41.5. The van der Waals surface area contributed by atoms with Gasteiger partial charge in [0.2, 0.25) is 0 Å². The lowest BCUT2D eigenvalue weighted by molar-refractivity contribution is 1.21. The molecule has 0 saturated heterocycles. The van der Waals surface area contributed by atoms with Gasteiger partial charge in [0, 0.05) is 69.3 Å². The van der Waals surface area contributed by atoms with Crippen molar-refractivity contribution in [3.05, 3.63) is 253 Å². The van der Waals surface area contributed by atoms with E-state index >= 15 is 0 Å². The highest BCUT2D eigenvalue weighted by Crippen LogP contribution is 2.46. The van der Waals surface area contributed by atoms with Crippen LogP contribution in [-0.2, 0) is 0 Å². The molecule has 0 N–H and O–H groups in total. The molecule has 1 aromatic heterocycles. The van der Waals surface area contributed by atoms with Crippen LogP contribution < -0.4 is 19.6 Å². The lowest BCUT2D eigenvalue weighted by atomic mass is 10.1. The van der Waals surface area contributed by atoms with E-state index in [-0.39, 0.29) is 0 Å². The molecule has 6 nitrogen and oxygen atoms in total. The Morgan fingerprint density at radius 2 is 0.470 bits per heavy atom. The normalized spacial score (nSPS) is 11.0. The van der Waals surface area contributed by atoms with Gasteiger partial charge < -0.3 is 19.6 Å². The van der Waals surface area contributed by atoms with E-state index in [4.69, 9.17) is 9.97 Å². The molecule has 0 spiro atoms. The average molecular weight is 855 g/mol. The highest BCUT2D eigenvalue weighted by Gasteiger charge is 2.24. The third-order valence-corrected chi connectivity index (χ3v) is 12.3. The van der Waals surface area contributed by atoms with Crippen LogP contribution in [0.5, 0.6) is 0 Å². The van der Waals surface area contributed by atoms with Crippen LogP contribution in [0.15, 0.2) is 231 Å². The first-order valence-corrected chi connectivity index (χ1v) is 22.4. The fourth-order valence-corrected chi connectivity index (χ4v) is 8.97. The highest BCUT2D eigenvalue weighted by atomic mass is 15.2. The molecule has 0 aliphatic heterocycles. The van der Waals surface area contributed by atoms with Crippen molar-refractivity contribution < 1.29 is 0 Å². The Morgan fingerprint density at radius 1 is 0.227 bits per heavy atom. The van der Waals surface area contributed by atoms with E-state index in [0.29, 0.717) is 0 Å². The van der Waals surface area contributed by atoms with E-state index in [1.54, 1.807) is 12.4 Å².